The van der Waals surface area contributed by atoms with Gasteiger partial charge in [-0.15, -0.1) is 0 Å². The van der Waals surface area contributed by atoms with Crippen molar-refractivity contribution in [3.05, 3.63) is 95.6 Å². The zero-order valence-electron chi connectivity index (χ0n) is 18.9. The van der Waals surface area contributed by atoms with E-state index in [0.717, 1.165) is 43.9 Å². The lowest BCUT2D eigenvalue weighted by Crippen LogP contribution is -2.44. The second-order valence-corrected chi connectivity index (χ2v) is 9.23. The lowest BCUT2D eigenvalue weighted by Gasteiger charge is -2.35. The number of benzene rings is 3. The van der Waals surface area contributed by atoms with Crippen LogP contribution in [0, 0.1) is 0 Å². The van der Waals surface area contributed by atoms with Gasteiger partial charge < -0.3 is 0 Å². The fourth-order valence-electron chi connectivity index (χ4n) is 4.53. The standard InChI is InChI=1S/C28H31N3O/c1-21(2)25-9-6-10-26(19-25)23-11-13-24(14-12-23)27-29-28(32-30-27)15-17-31(18-16-28)20-22-7-4-3-5-8-22/h3-14,19,21H,15-18,20H2,1-2H3,(H,29,30). The van der Waals surface area contributed by atoms with Crippen molar-refractivity contribution < 1.29 is 4.84 Å². The molecule has 4 heteroatoms. The van der Waals surface area contributed by atoms with Crippen molar-refractivity contribution in [1.82, 2.24) is 10.4 Å². The number of piperidine rings is 1. The van der Waals surface area contributed by atoms with E-state index in [0.29, 0.717) is 5.92 Å². The molecule has 3 aromatic rings. The summed E-state index contributed by atoms with van der Waals surface area (Å²) < 4.78 is 0. The average molecular weight is 426 g/mol. The smallest absolute Gasteiger partial charge is 0.190 e. The molecule has 0 bridgehead atoms. The summed E-state index contributed by atoms with van der Waals surface area (Å²) in [5.74, 6) is 1.36. The first-order valence-corrected chi connectivity index (χ1v) is 11.6. The quantitative estimate of drug-likeness (QED) is 0.565. The van der Waals surface area contributed by atoms with Gasteiger partial charge >= 0.3 is 0 Å². The molecule has 0 amide bonds. The number of hydrogen-bond donors (Lipinski definition) is 1. The third kappa shape index (κ3) is 4.47. The Labute approximate surface area is 190 Å². The highest BCUT2D eigenvalue weighted by atomic mass is 16.7. The van der Waals surface area contributed by atoms with Crippen molar-refractivity contribution in [2.24, 2.45) is 4.99 Å². The fraction of sp³-hybridized carbons (Fsp3) is 0.321. The highest BCUT2D eigenvalue weighted by molar-refractivity contribution is 5.99. The number of nitrogens with zero attached hydrogens (tertiary/aromatic N) is 2. The first kappa shape index (κ1) is 20.9. The van der Waals surface area contributed by atoms with E-state index in [4.69, 9.17) is 9.83 Å². The molecule has 0 aliphatic carbocycles. The molecule has 0 radical (unpaired) electrons. The van der Waals surface area contributed by atoms with Crippen LogP contribution in [0.3, 0.4) is 0 Å². The molecular formula is C28H31N3O. The molecule has 2 heterocycles. The van der Waals surface area contributed by atoms with Crippen LogP contribution in [0.15, 0.2) is 83.9 Å². The number of likely N-dealkylation sites (tertiary alicyclic amines) is 1. The topological polar surface area (TPSA) is 36.9 Å². The van der Waals surface area contributed by atoms with Gasteiger partial charge in [0.2, 0.25) is 0 Å². The van der Waals surface area contributed by atoms with Crippen LogP contribution in [0.25, 0.3) is 11.1 Å². The lowest BCUT2D eigenvalue weighted by molar-refractivity contribution is -0.0901. The Hall–Kier alpha value is -2.95. The van der Waals surface area contributed by atoms with E-state index < -0.39 is 5.72 Å². The minimum absolute atomic E-state index is 0.438. The van der Waals surface area contributed by atoms with Gasteiger partial charge in [0.15, 0.2) is 11.6 Å². The summed E-state index contributed by atoms with van der Waals surface area (Å²) in [4.78, 5) is 13.5. The minimum Gasteiger partial charge on any atom is -0.299 e. The highest BCUT2D eigenvalue weighted by Crippen LogP contribution is 2.32. The number of hydroxylamine groups is 1. The Morgan fingerprint density at radius 3 is 2.31 bits per heavy atom. The maximum atomic E-state index is 6.02. The average Bonchev–Trinajstić information content (AvgIpc) is 3.25. The SMILES string of the molecule is CC(C)c1cccc(-c2ccc(C3=NC4(CCN(Cc5ccccc5)CC4)ON3)cc2)c1. The number of hydrogen-bond acceptors (Lipinski definition) is 4. The van der Waals surface area contributed by atoms with Gasteiger partial charge in [-0.05, 0) is 28.2 Å². The van der Waals surface area contributed by atoms with Crippen LogP contribution >= 0.6 is 0 Å². The van der Waals surface area contributed by atoms with E-state index in [1.807, 2.05) is 0 Å². The molecule has 0 aromatic heterocycles. The van der Waals surface area contributed by atoms with Crippen LogP contribution in [0.2, 0.25) is 0 Å². The largest absolute Gasteiger partial charge is 0.299 e. The number of nitrogens with one attached hydrogen (secondary N) is 1. The molecule has 3 aromatic carbocycles. The molecule has 32 heavy (non-hydrogen) atoms. The van der Waals surface area contributed by atoms with E-state index in [1.54, 1.807) is 0 Å². The van der Waals surface area contributed by atoms with Gasteiger partial charge in [-0.2, -0.15) is 0 Å². The van der Waals surface area contributed by atoms with Crippen molar-refractivity contribution in [1.29, 1.82) is 0 Å². The fourth-order valence-corrected chi connectivity index (χ4v) is 4.53. The molecule has 2 aliphatic rings. The summed E-state index contributed by atoms with van der Waals surface area (Å²) in [5, 5.41) is 0. The molecule has 2 aliphatic heterocycles. The maximum absolute atomic E-state index is 6.02. The van der Waals surface area contributed by atoms with Gasteiger partial charge in [0.25, 0.3) is 0 Å². The van der Waals surface area contributed by atoms with Gasteiger partial charge in [0, 0.05) is 38.0 Å². The normalized spacial score (nSPS) is 18.0. The van der Waals surface area contributed by atoms with E-state index in [2.05, 4.69) is 103 Å². The second kappa shape index (κ2) is 8.89. The Bertz CT molecular complexity index is 1080. The Morgan fingerprint density at radius 1 is 0.875 bits per heavy atom. The summed E-state index contributed by atoms with van der Waals surface area (Å²) in [6, 6.07) is 28.1. The third-order valence-electron chi connectivity index (χ3n) is 6.58. The molecule has 1 spiro atoms. The molecule has 4 nitrogen and oxygen atoms in total. The number of aliphatic imine (C=N–C) groups is 1. The molecule has 1 N–H and O–H groups in total. The molecule has 1 fully saturated rings. The van der Waals surface area contributed by atoms with Crippen molar-refractivity contribution in [2.45, 2.75) is 44.9 Å². The zero-order chi connectivity index (χ0) is 22.0. The first-order chi connectivity index (χ1) is 15.6. The predicted octanol–water partition coefficient (Wildman–Crippen LogP) is 5.75. The summed E-state index contributed by atoms with van der Waals surface area (Å²) in [6.07, 6.45) is 1.80. The van der Waals surface area contributed by atoms with Crippen LogP contribution in [0.1, 0.15) is 49.3 Å². The molecule has 5 rings (SSSR count). The van der Waals surface area contributed by atoms with E-state index in [9.17, 15) is 0 Å². The number of amidine groups is 1. The van der Waals surface area contributed by atoms with Gasteiger partial charge in [0.1, 0.15) is 0 Å². The lowest BCUT2D eigenvalue weighted by atomic mass is 9.97. The van der Waals surface area contributed by atoms with Crippen molar-refractivity contribution in [2.75, 3.05) is 13.1 Å². The van der Waals surface area contributed by atoms with Crippen molar-refractivity contribution in [3.8, 4) is 11.1 Å². The van der Waals surface area contributed by atoms with Crippen molar-refractivity contribution >= 4 is 5.84 Å². The third-order valence-corrected chi connectivity index (χ3v) is 6.58. The second-order valence-electron chi connectivity index (χ2n) is 9.23. The summed E-state index contributed by atoms with van der Waals surface area (Å²) in [5.41, 5.74) is 8.94. The monoisotopic (exact) mass is 425 g/mol. The van der Waals surface area contributed by atoms with Crippen LogP contribution < -0.4 is 5.48 Å². The Balaban J connectivity index is 1.25. The molecular weight excluding hydrogens is 394 g/mol. The van der Waals surface area contributed by atoms with Crippen LogP contribution in [-0.4, -0.2) is 29.6 Å². The summed E-state index contributed by atoms with van der Waals surface area (Å²) in [6.45, 7) is 7.42. The van der Waals surface area contributed by atoms with Gasteiger partial charge in [0.05, 0.1) is 0 Å². The molecule has 0 unspecified atom stereocenters. The maximum Gasteiger partial charge on any atom is 0.190 e. The van der Waals surface area contributed by atoms with E-state index in [-0.39, 0.29) is 0 Å². The predicted molar refractivity (Wildman–Crippen MR) is 130 cm³/mol. The van der Waals surface area contributed by atoms with Gasteiger partial charge in [-0.1, -0.05) is 92.7 Å². The molecule has 0 saturated carbocycles. The van der Waals surface area contributed by atoms with Crippen LogP contribution in [-0.2, 0) is 11.4 Å². The van der Waals surface area contributed by atoms with Gasteiger partial charge in [-0.3, -0.25) is 4.90 Å². The van der Waals surface area contributed by atoms with Crippen LogP contribution in [0.5, 0.6) is 0 Å². The molecule has 164 valence electrons. The van der Waals surface area contributed by atoms with E-state index in [1.165, 1.54) is 22.3 Å². The van der Waals surface area contributed by atoms with E-state index >= 15 is 0 Å². The Kier molecular flexibility index (Phi) is 5.81. The molecule has 0 atom stereocenters. The van der Waals surface area contributed by atoms with Crippen molar-refractivity contribution in [3.63, 3.8) is 0 Å². The summed E-state index contributed by atoms with van der Waals surface area (Å²) >= 11 is 0. The van der Waals surface area contributed by atoms with Gasteiger partial charge in [-0.25, -0.2) is 15.3 Å². The first-order valence-electron chi connectivity index (χ1n) is 11.6. The highest BCUT2D eigenvalue weighted by Gasteiger charge is 2.40. The molecule has 1 saturated heterocycles. The number of rotatable bonds is 5. The zero-order valence-corrected chi connectivity index (χ0v) is 18.9. The minimum atomic E-state index is -0.438. The van der Waals surface area contributed by atoms with Crippen LogP contribution in [0.4, 0.5) is 0 Å². The summed E-state index contributed by atoms with van der Waals surface area (Å²) in [7, 11) is 0. The Morgan fingerprint density at radius 2 is 1.59 bits per heavy atom.